The number of halogens is 1. The lowest BCUT2D eigenvalue weighted by Crippen LogP contribution is -2.28. The number of pyridine rings is 1. The van der Waals surface area contributed by atoms with Gasteiger partial charge in [0.15, 0.2) is 5.65 Å². The Labute approximate surface area is 195 Å². The average molecular weight is 467 g/mol. The lowest BCUT2D eigenvalue weighted by Gasteiger charge is -2.10. The van der Waals surface area contributed by atoms with Gasteiger partial charge in [-0.15, -0.1) is 12.4 Å². The summed E-state index contributed by atoms with van der Waals surface area (Å²) >= 11 is 0. The van der Waals surface area contributed by atoms with Crippen LogP contribution in [0.1, 0.15) is 22.8 Å². The van der Waals surface area contributed by atoms with Crippen molar-refractivity contribution in [2.45, 2.75) is 12.5 Å². The van der Waals surface area contributed by atoms with Gasteiger partial charge in [0, 0.05) is 12.7 Å². The third-order valence-corrected chi connectivity index (χ3v) is 5.89. The normalized spacial score (nSPS) is 15.4. The topological polar surface area (TPSA) is 98.4 Å². The summed E-state index contributed by atoms with van der Waals surface area (Å²) in [6.45, 7) is 1.56. The highest BCUT2D eigenvalue weighted by Gasteiger charge is 2.25. The SMILES string of the molecule is COC(=O)c1ccc(-c2ccc(-n3c(=O)n([C@H]4CCNC4)c4ncccc43)c(O)c2)cc1.Cl. The van der Waals surface area contributed by atoms with Gasteiger partial charge >= 0.3 is 11.7 Å². The Hall–Kier alpha value is -3.62. The van der Waals surface area contributed by atoms with Crippen LogP contribution in [0, 0.1) is 0 Å². The summed E-state index contributed by atoms with van der Waals surface area (Å²) in [4.78, 5) is 29.5. The standard InChI is InChI=1S/C24H22N4O4.ClH/c1-32-23(30)16-6-4-15(5-7-16)17-8-9-19(21(29)13-17)28-20-3-2-11-26-22(20)27(24(28)31)18-10-12-25-14-18;/h2-9,11,13,18,25,29H,10,12,14H2,1H3;1H/t18-;/m0./s1. The maximum atomic E-state index is 13.4. The van der Waals surface area contributed by atoms with E-state index in [0.717, 1.165) is 24.1 Å². The lowest BCUT2D eigenvalue weighted by atomic mass is 10.0. The van der Waals surface area contributed by atoms with Crippen molar-refractivity contribution < 1.29 is 14.6 Å². The minimum Gasteiger partial charge on any atom is -0.506 e. The number of benzene rings is 2. The summed E-state index contributed by atoms with van der Waals surface area (Å²) < 4.78 is 7.96. The number of carbonyl (C=O) groups is 1. The maximum absolute atomic E-state index is 13.4. The van der Waals surface area contributed by atoms with Gasteiger partial charge in [0.25, 0.3) is 0 Å². The van der Waals surface area contributed by atoms with Gasteiger partial charge in [-0.05, 0) is 60.5 Å². The summed E-state index contributed by atoms with van der Waals surface area (Å²) in [5.74, 6) is -0.425. The third kappa shape index (κ3) is 3.88. The van der Waals surface area contributed by atoms with Gasteiger partial charge in [0.05, 0.1) is 29.9 Å². The van der Waals surface area contributed by atoms with Gasteiger partial charge < -0.3 is 15.2 Å². The molecule has 0 unspecified atom stereocenters. The predicted octanol–water partition coefficient (Wildman–Crippen LogP) is 3.30. The molecule has 33 heavy (non-hydrogen) atoms. The molecule has 0 aliphatic carbocycles. The van der Waals surface area contributed by atoms with Gasteiger partial charge in [-0.3, -0.25) is 9.13 Å². The van der Waals surface area contributed by atoms with E-state index in [1.165, 1.54) is 11.7 Å². The number of hydrogen-bond donors (Lipinski definition) is 2. The van der Waals surface area contributed by atoms with Gasteiger partial charge in [-0.25, -0.2) is 14.6 Å². The second-order valence-corrected chi connectivity index (χ2v) is 7.75. The Bertz CT molecular complexity index is 1370. The molecule has 0 bridgehead atoms. The Kier molecular flexibility index (Phi) is 6.22. The summed E-state index contributed by atoms with van der Waals surface area (Å²) in [6.07, 6.45) is 2.52. The lowest BCUT2D eigenvalue weighted by molar-refractivity contribution is 0.0600. The molecule has 170 valence electrons. The van der Waals surface area contributed by atoms with E-state index in [9.17, 15) is 14.7 Å². The Morgan fingerprint density at radius 2 is 1.91 bits per heavy atom. The highest BCUT2D eigenvalue weighted by Crippen LogP contribution is 2.31. The summed E-state index contributed by atoms with van der Waals surface area (Å²) in [5.41, 5.74) is 3.46. The van der Waals surface area contributed by atoms with Crippen LogP contribution in [0.5, 0.6) is 5.75 Å². The van der Waals surface area contributed by atoms with Crippen LogP contribution in [0.4, 0.5) is 0 Å². The molecule has 1 saturated heterocycles. The highest BCUT2D eigenvalue weighted by atomic mass is 35.5. The fourth-order valence-corrected chi connectivity index (χ4v) is 4.28. The number of phenolic OH excluding ortho intramolecular Hbond substituents is 1. The fourth-order valence-electron chi connectivity index (χ4n) is 4.28. The van der Waals surface area contributed by atoms with Crippen LogP contribution in [0.15, 0.2) is 65.6 Å². The molecule has 1 fully saturated rings. The zero-order chi connectivity index (χ0) is 22.2. The van der Waals surface area contributed by atoms with Gasteiger partial charge in [-0.2, -0.15) is 0 Å². The first-order valence-electron chi connectivity index (χ1n) is 10.4. The van der Waals surface area contributed by atoms with E-state index < -0.39 is 5.97 Å². The molecule has 2 aromatic carbocycles. The van der Waals surface area contributed by atoms with Crippen molar-refractivity contribution in [3.63, 3.8) is 0 Å². The number of methoxy groups -OCH3 is 1. The van der Waals surface area contributed by atoms with Gasteiger partial charge in [-0.1, -0.05) is 18.2 Å². The Morgan fingerprint density at radius 1 is 1.15 bits per heavy atom. The molecular formula is C24H23ClN4O4. The molecule has 1 atom stereocenters. The Morgan fingerprint density at radius 3 is 2.58 bits per heavy atom. The highest BCUT2D eigenvalue weighted by molar-refractivity contribution is 5.90. The third-order valence-electron chi connectivity index (χ3n) is 5.89. The number of rotatable bonds is 4. The van der Waals surface area contributed by atoms with Crippen LogP contribution in [0.3, 0.4) is 0 Å². The zero-order valence-corrected chi connectivity index (χ0v) is 18.7. The minimum atomic E-state index is -0.406. The average Bonchev–Trinajstić information content (AvgIpc) is 3.44. The maximum Gasteiger partial charge on any atom is 0.337 e. The van der Waals surface area contributed by atoms with Gasteiger partial charge in [0.2, 0.25) is 0 Å². The number of esters is 1. The van der Waals surface area contributed by atoms with Crippen LogP contribution in [0.2, 0.25) is 0 Å². The number of fused-ring (bicyclic) bond motifs is 1. The first kappa shape index (κ1) is 22.6. The van der Waals surface area contributed by atoms with Crippen LogP contribution < -0.4 is 11.0 Å². The number of imidazole rings is 1. The smallest absolute Gasteiger partial charge is 0.337 e. The summed E-state index contributed by atoms with van der Waals surface area (Å²) in [6, 6.07) is 15.7. The molecule has 0 saturated carbocycles. The number of nitrogens with zero attached hydrogens (tertiary/aromatic N) is 3. The van der Waals surface area contributed by atoms with Crippen LogP contribution in [-0.4, -0.2) is 45.4 Å². The minimum absolute atomic E-state index is 0. The molecule has 1 aliphatic rings. The van der Waals surface area contributed by atoms with Crippen LogP contribution >= 0.6 is 12.4 Å². The second-order valence-electron chi connectivity index (χ2n) is 7.75. The summed E-state index contributed by atoms with van der Waals surface area (Å²) in [5, 5.41) is 14.2. The molecule has 2 aromatic heterocycles. The van der Waals surface area contributed by atoms with Crippen molar-refractivity contribution in [1.82, 2.24) is 19.4 Å². The quantitative estimate of drug-likeness (QED) is 0.448. The van der Waals surface area contributed by atoms with E-state index >= 15 is 0 Å². The number of phenols is 1. The van der Waals surface area contributed by atoms with E-state index in [1.807, 2.05) is 12.1 Å². The van der Waals surface area contributed by atoms with Crippen molar-refractivity contribution >= 4 is 29.5 Å². The molecule has 4 aromatic rings. The number of aromatic nitrogens is 3. The molecular weight excluding hydrogens is 444 g/mol. The molecule has 9 heteroatoms. The molecule has 0 spiro atoms. The number of carbonyl (C=O) groups excluding carboxylic acids is 1. The van der Waals surface area contributed by atoms with E-state index in [-0.39, 0.29) is 29.9 Å². The van der Waals surface area contributed by atoms with E-state index in [2.05, 4.69) is 10.3 Å². The number of aromatic hydroxyl groups is 1. The largest absolute Gasteiger partial charge is 0.506 e. The molecule has 1 aliphatic heterocycles. The summed E-state index contributed by atoms with van der Waals surface area (Å²) in [7, 11) is 1.34. The predicted molar refractivity (Wildman–Crippen MR) is 128 cm³/mol. The number of hydrogen-bond acceptors (Lipinski definition) is 6. The van der Waals surface area contributed by atoms with Gasteiger partial charge in [0.1, 0.15) is 5.75 Å². The van der Waals surface area contributed by atoms with Crippen molar-refractivity contribution in [2.24, 2.45) is 0 Å². The molecule has 0 amide bonds. The van der Waals surface area contributed by atoms with E-state index in [1.54, 1.807) is 53.2 Å². The van der Waals surface area contributed by atoms with Crippen molar-refractivity contribution in [1.29, 1.82) is 0 Å². The molecule has 2 N–H and O–H groups in total. The van der Waals surface area contributed by atoms with Crippen molar-refractivity contribution in [2.75, 3.05) is 20.2 Å². The number of nitrogens with one attached hydrogen (secondary N) is 1. The van der Waals surface area contributed by atoms with E-state index in [4.69, 9.17) is 4.74 Å². The monoisotopic (exact) mass is 466 g/mol. The molecule has 3 heterocycles. The zero-order valence-electron chi connectivity index (χ0n) is 17.9. The van der Waals surface area contributed by atoms with E-state index in [0.29, 0.717) is 29.0 Å². The Balaban J connectivity index is 0.00000259. The van der Waals surface area contributed by atoms with Crippen molar-refractivity contribution in [3.05, 3.63) is 76.8 Å². The number of ether oxygens (including phenoxy) is 1. The van der Waals surface area contributed by atoms with Crippen LogP contribution in [-0.2, 0) is 4.74 Å². The molecule has 8 nitrogen and oxygen atoms in total. The first-order chi connectivity index (χ1) is 15.6. The fraction of sp³-hybridized carbons (Fsp3) is 0.208. The molecule has 0 radical (unpaired) electrons. The van der Waals surface area contributed by atoms with Crippen molar-refractivity contribution in [3.8, 4) is 22.6 Å². The van der Waals surface area contributed by atoms with Crippen LogP contribution in [0.25, 0.3) is 28.0 Å². The molecule has 5 rings (SSSR count). The first-order valence-corrected chi connectivity index (χ1v) is 10.4. The second kappa shape index (κ2) is 9.09.